The number of nitro benzene ring substituents is 1. The lowest BCUT2D eigenvalue weighted by molar-refractivity contribution is -0.387. The number of nitrogens with zero attached hydrogens (tertiary/aromatic N) is 2. The quantitative estimate of drug-likeness (QED) is 0.321. The third kappa shape index (κ3) is 4.99. The van der Waals surface area contributed by atoms with Crippen molar-refractivity contribution in [2.75, 3.05) is 19.7 Å². The number of nitro groups is 1. The average molecular weight is 525 g/mol. The van der Waals surface area contributed by atoms with Gasteiger partial charge in [-0.15, -0.1) is 0 Å². The molecule has 0 radical (unpaired) electrons. The molecule has 11 heteroatoms. The molecule has 0 saturated carbocycles. The molecule has 1 unspecified atom stereocenters. The Morgan fingerprint density at radius 3 is 2.53 bits per heavy atom. The van der Waals surface area contributed by atoms with Crippen LogP contribution in [0.2, 0.25) is 0 Å². The summed E-state index contributed by atoms with van der Waals surface area (Å²) in [5.74, 6) is -1.35. The van der Waals surface area contributed by atoms with Gasteiger partial charge in [0.1, 0.15) is 4.90 Å². The van der Waals surface area contributed by atoms with E-state index in [0.717, 1.165) is 12.1 Å². The zero-order valence-electron chi connectivity index (χ0n) is 17.2. The number of carbonyl (C=O) groups excluding carboxylic acids is 2. The van der Waals surface area contributed by atoms with Crippen LogP contribution in [0.1, 0.15) is 30.1 Å². The Morgan fingerprint density at radius 2 is 1.91 bits per heavy atom. The van der Waals surface area contributed by atoms with Gasteiger partial charge in [-0.2, -0.15) is 0 Å². The monoisotopic (exact) mass is 524 g/mol. The second-order valence-electron chi connectivity index (χ2n) is 7.24. The molecule has 0 aliphatic carbocycles. The van der Waals surface area contributed by atoms with E-state index < -0.39 is 37.2 Å². The fourth-order valence-corrected chi connectivity index (χ4v) is 5.23. The summed E-state index contributed by atoms with van der Waals surface area (Å²) in [5.41, 5.74) is -0.700. The molecule has 3 rings (SSSR count). The van der Waals surface area contributed by atoms with Crippen LogP contribution in [-0.4, -0.2) is 49.8 Å². The van der Waals surface area contributed by atoms with Crippen LogP contribution in [-0.2, 0) is 19.4 Å². The van der Waals surface area contributed by atoms with E-state index in [9.17, 15) is 28.1 Å². The van der Waals surface area contributed by atoms with E-state index in [1.807, 2.05) is 0 Å². The summed E-state index contributed by atoms with van der Waals surface area (Å²) in [6, 6.07) is 9.03. The van der Waals surface area contributed by atoms with Gasteiger partial charge in [-0.1, -0.05) is 15.9 Å². The molecule has 0 aromatic heterocycles. The highest BCUT2D eigenvalue weighted by Crippen LogP contribution is 2.31. The Balaban J connectivity index is 1.92. The summed E-state index contributed by atoms with van der Waals surface area (Å²) < 4.78 is 31.6. The molecule has 2 aromatic rings. The Hall–Kier alpha value is -2.79. The first-order chi connectivity index (χ1) is 15.1. The Bertz CT molecular complexity index is 1150. The number of sulfone groups is 1. The van der Waals surface area contributed by atoms with Crippen molar-refractivity contribution in [3.05, 3.63) is 62.6 Å². The van der Waals surface area contributed by atoms with Crippen molar-refractivity contribution < 1.29 is 27.7 Å². The van der Waals surface area contributed by atoms with Gasteiger partial charge in [0.15, 0.2) is 0 Å². The summed E-state index contributed by atoms with van der Waals surface area (Å²) in [4.78, 5) is 36.7. The number of halogens is 1. The molecule has 1 aliphatic heterocycles. The van der Waals surface area contributed by atoms with E-state index in [-0.39, 0.29) is 29.6 Å². The van der Waals surface area contributed by atoms with Crippen molar-refractivity contribution in [2.45, 2.75) is 29.6 Å². The Labute approximate surface area is 193 Å². The summed E-state index contributed by atoms with van der Waals surface area (Å²) in [7, 11) is -4.17. The van der Waals surface area contributed by atoms with Gasteiger partial charge >= 0.3 is 5.97 Å². The number of likely N-dealkylation sites (tertiary alicyclic amines) is 1. The number of amides is 1. The largest absolute Gasteiger partial charge is 0.466 e. The maximum atomic E-state index is 13.0. The maximum Gasteiger partial charge on any atom is 0.310 e. The van der Waals surface area contributed by atoms with Crippen molar-refractivity contribution in [3.8, 4) is 0 Å². The summed E-state index contributed by atoms with van der Waals surface area (Å²) >= 11 is 3.22. The van der Waals surface area contributed by atoms with Crippen molar-refractivity contribution >= 4 is 43.3 Å². The Kier molecular flexibility index (Phi) is 7.29. The zero-order chi connectivity index (χ0) is 23.5. The molecule has 1 atom stereocenters. The van der Waals surface area contributed by atoms with Gasteiger partial charge in [0.25, 0.3) is 11.6 Å². The van der Waals surface area contributed by atoms with E-state index in [1.54, 1.807) is 6.92 Å². The van der Waals surface area contributed by atoms with Crippen LogP contribution in [0.4, 0.5) is 5.69 Å². The highest BCUT2D eigenvalue weighted by atomic mass is 79.9. The molecule has 0 bridgehead atoms. The third-order valence-corrected chi connectivity index (χ3v) is 7.49. The van der Waals surface area contributed by atoms with E-state index in [1.165, 1.54) is 35.2 Å². The van der Waals surface area contributed by atoms with Crippen LogP contribution in [0.5, 0.6) is 0 Å². The molecule has 0 N–H and O–H groups in total. The fraction of sp³-hybridized carbons (Fsp3) is 0.333. The molecule has 1 heterocycles. The maximum absolute atomic E-state index is 13.0. The molecule has 1 fully saturated rings. The molecule has 0 spiro atoms. The number of hydrogen-bond donors (Lipinski definition) is 0. The number of carbonyl (C=O) groups is 2. The van der Waals surface area contributed by atoms with Crippen molar-refractivity contribution in [1.29, 1.82) is 0 Å². The fourth-order valence-electron chi connectivity index (χ4n) is 3.56. The highest BCUT2D eigenvalue weighted by Gasteiger charge is 2.32. The standard InChI is InChI=1S/C21H21BrN2O7S/c1-2-31-21(26)15-4-3-11-23(13-15)20(25)14-5-10-19(18(12-14)24(27)28)32(29,30)17-8-6-16(22)7-9-17/h5-10,12,15H,2-4,11,13H2,1H3. The zero-order valence-corrected chi connectivity index (χ0v) is 19.6. The number of rotatable bonds is 6. The van der Waals surface area contributed by atoms with Gasteiger partial charge in [0.05, 0.1) is 22.3 Å². The van der Waals surface area contributed by atoms with Crippen LogP contribution < -0.4 is 0 Å². The smallest absolute Gasteiger partial charge is 0.310 e. The lowest BCUT2D eigenvalue weighted by Crippen LogP contribution is -2.42. The minimum atomic E-state index is -4.17. The molecular weight excluding hydrogens is 504 g/mol. The second kappa shape index (κ2) is 9.78. The van der Waals surface area contributed by atoms with Crippen LogP contribution in [0.25, 0.3) is 0 Å². The van der Waals surface area contributed by atoms with Gasteiger partial charge in [-0.25, -0.2) is 8.42 Å². The molecule has 32 heavy (non-hydrogen) atoms. The van der Waals surface area contributed by atoms with Gasteiger partial charge in [0.2, 0.25) is 9.84 Å². The molecular formula is C21H21BrN2O7S. The van der Waals surface area contributed by atoms with Crippen molar-refractivity contribution in [1.82, 2.24) is 4.90 Å². The SMILES string of the molecule is CCOC(=O)C1CCCN(C(=O)c2ccc(S(=O)(=O)c3ccc(Br)cc3)c([N+](=O)[O-])c2)C1. The number of piperidine rings is 1. The molecule has 1 aliphatic rings. The van der Waals surface area contributed by atoms with Gasteiger partial charge < -0.3 is 9.64 Å². The van der Waals surface area contributed by atoms with Crippen molar-refractivity contribution in [3.63, 3.8) is 0 Å². The minimum Gasteiger partial charge on any atom is -0.466 e. The first-order valence-corrected chi connectivity index (χ1v) is 12.2. The molecule has 1 saturated heterocycles. The lowest BCUT2D eigenvalue weighted by atomic mass is 9.97. The summed E-state index contributed by atoms with van der Waals surface area (Å²) in [5, 5.41) is 11.7. The van der Waals surface area contributed by atoms with E-state index in [0.29, 0.717) is 23.9 Å². The average Bonchev–Trinajstić information content (AvgIpc) is 2.78. The van der Waals surface area contributed by atoms with Gasteiger partial charge in [0, 0.05) is 29.2 Å². The van der Waals surface area contributed by atoms with E-state index in [4.69, 9.17) is 4.74 Å². The van der Waals surface area contributed by atoms with Crippen LogP contribution in [0.15, 0.2) is 56.7 Å². The normalized spacial score (nSPS) is 16.4. The van der Waals surface area contributed by atoms with Crippen molar-refractivity contribution in [2.24, 2.45) is 5.92 Å². The van der Waals surface area contributed by atoms with Gasteiger partial charge in [-0.05, 0) is 56.2 Å². The molecule has 170 valence electrons. The number of ether oxygens (including phenoxy) is 1. The second-order valence-corrected chi connectivity index (χ2v) is 10.1. The molecule has 1 amide bonds. The topological polar surface area (TPSA) is 124 Å². The van der Waals surface area contributed by atoms with E-state index in [2.05, 4.69) is 15.9 Å². The minimum absolute atomic E-state index is 0.0176. The first-order valence-electron chi connectivity index (χ1n) is 9.90. The first kappa shape index (κ1) is 23.9. The third-order valence-electron chi connectivity index (χ3n) is 5.14. The molecule has 9 nitrogen and oxygen atoms in total. The van der Waals surface area contributed by atoms with E-state index >= 15 is 0 Å². The Morgan fingerprint density at radius 1 is 1.22 bits per heavy atom. The lowest BCUT2D eigenvalue weighted by Gasteiger charge is -2.31. The van der Waals surface area contributed by atoms with Gasteiger partial charge in [-0.3, -0.25) is 19.7 Å². The number of esters is 1. The predicted octanol–water partition coefficient (Wildman–Crippen LogP) is 3.61. The van der Waals surface area contributed by atoms with Crippen LogP contribution in [0.3, 0.4) is 0 Å². The summed E-state index contributed by atoms with van der Waals surface area (Å²) in [6.07, 6.45) is 1.18. The summed E-state index contributed by atoms with van der Waals surface area (Å²) in [6.45, 7) is 2.47. The number of hydrogen-bond acceptors (Lipinski definition) is 7. The number of benzene rings is 2. The molecule has 2 aromatic carbocycles. The van der Waals surface area contributed by atoms with Crippen LogP contribution >= 0.6 is 15.9 Å². The highest BCUT2D eigenvalue weighted by molar-refractivity contribution is 9.10. The van der Waals surface area contributed by atoms with Crippen LogP contribution in [0, 0.1) is 16.0 Å². The predicted molar refractivity (Wildman–Crippen MR) is 118 cm³/mol.